The second-order valence-corrected chi connectivity index (χ2v) is 6.88. The van der Waals surface area contributed by atoms with Crippen molar-refractivity contribution in [2.75, 3.05) is 5.75 Å². The van der Waals surface area contributed by atoms with E-state index in [1.54, 1.807) is 0 Å². The second kappa shape index (κ2) is 5.03. The lowest BCUT2D eigenvalue weighted by Gasteiger charge is -2.09. The number of nitrogens with zero attached hydrogens (tertiary/aromatic N) is 1. The number of hydrogen-bond acceptors (Lipinski definition) is 4. The molecule has 1 aliphatic rings. The maximum Gasteiger partial charge on any atom is 0.0661 e. The van der Waals surface area contributed by atoms with Crippen molar-refractivity contribution in [2.24, 2.45) is 5.73 Å². The summed E-state index contributed by atoms with van der Waals surface area (Å²) in [5.74, 6) is 2.39. The van der Waals surface area contributed by atoms with E-state index in [2.05, 4.69) is 17.1 Å². The lowest BCUT2D eigenvalue weighted by atomic mass is 10.1. The highest BCUT2D eigenvalue weighted by molar-refractivity contribution is 7.98. The van der Waals surface area contributed by atoms with Crippen LogP contribution in [0.3, 0.4) is 0 Å². The van der Waals surface area contributed by atoms with Gasteiger partial charge in [0.15, 0.2) is 0 Å². The molecule has 0 radical (unpaired) electrons. The average Bonchev–Trinajstić information content (AvgIpc) is 2.82. The van der Waals surface area contributed by atoms with E-state index in [1.165, 1.54) is 27.5 Å². The number of hydrogen-bond donors (Lipinski definition) is 1. The van der Waals surface area contributed by atoms with Crippen molar-refractivity contribution in [2.45, 2.75) is 25.1 Å². The van der Waals surface area contributed by atoms with Gasteiger partial charge in [0.05, 0.1) is 6.04 Å². The van der Waals surface area contributed by atoms with E-state index in [4.69, 9.17) is 5.73 Å². The van der Waals surface area contributed by atoms with Crippen LogP contribution in [-0.4, -0.2) is 10.7 Å². The van der Waals surface area contributed by atoms with E-state index in [-0.39, 0.29) is 6.04 Å². The van der Waals surface area contributed by atoms with Crippen LogP contribution in [-0.2, 0) is 12.2 Å². The van der Waals surface area contributed by atoms with Crippen molar-refractivity contribution in [3.05, 3.63) is 51.0 Å². The molecule has 1 aliphatic heterocycles. The first-order valence-electron chi connectivity index (χ1n) is 6.11. The Morgan fingerprint density at radius 2 is 2.28 bits per heavy atom. The monoisotopic (exact) mass is 276 g/mol. The van der Waals surface area contributed by atoms with Crippen molar-refractivity contribution in [3.8, 4) is 0 Å². The SMILES string of the molecule is Cc1ccc(C(N)c2cc3c(s2)CCSC3)cn1. The van der Waals surface area contributed by atoms with Crippen molar-refractivity contribution < 1.29 is 0 Å². The molecule has 3 rings (SSSR count). The molecule has 1 unspecified atom stereocenters. The first-order chi connectivity index (χ1) is 8.74. The Balaban J connectivity index is 1.89. The molecule has 0 bridgehead atoms. The average molecular weight is 276 g/mol. The lowest BCUT2D eigenvalue weighted by Crippen LogP contribution is -2.10. The maximum absolute atomic E-state index is 6.34. The lowest BCUT2D eigenvalue weighted by molar-refractivity contribution is 0.880. The van der Waals surface area contributed by atoms with E-state index in [9.17, 15) is 0 Å². The summed E-state index contributed by atoms with van der Waals surface area (Å²) in [5.41, 5.74) is 9.97. The third-order valence-electron chi connectivity index (χ3n) is 3.25. The summed E-state index contributed by atoms with van der Waals surface area (Å²) in [4.78, 5) is 7.13. The molecular formula is C14H16N2S2. The van der Waals surface area contributed by atoms with Crippen molar-refractivity contribution in [1.82, 2.24) is 4.98 Å². The Bertz CT molecular complexity index is 522. The molecule has 3 heterocycles. The van der Waals surface area contributed by atoms with E-state index < -0.39 is 0 Å². The molecule has 18 heavy (non-hydrogen) atoms. The van der Waals surface area contributed by atoms with Gasteiger partial charge in [0.2, 0.25) is 0 Å². The minimum absolute atomic E-state index is 0.0290. The van der Waals surface area contributed by atoms with E-state index in [1.807, 2.05) is 42.3 Å². The predicted molar refractivity (Wildman–Crippen MR) is 79.2 cm³/mol. The second-order valence-electron chi connectivity index (χ2n) is 4.61. The molecular weight excluding hydrogens is 260 g/mol. The first kappa shape index (κ1) is 12.2. The number of thiophene rings is 1. The number of aromatic nitrogens is 1. The minimum atomic E-state index is -0.0290. The quantitative estimate of drug-likeness (QED) is 0.915. The largest absolute Gasteiger partial charge is 0.320 e. The fraction of sp³-hybridized carbons (Fsp3) is 0.357. The van der Waals surface area contributed by atoms with E-state index >= 15 is 0 Å². The molecule has 2 nitrogen and oxygen atoms in total. The number of rotatable bonds is 2. The van der Waals surface area contributed by atoms with Gasteiger partial charge in [-0.05, 0) is 42.4 Å². The molecule has 2 aromatic rings. The third-order valence-corrected chi connectivity index (χ3v) is 5.57. The predicted octanol–water partition coefficient (Wildman–Crippen LogP) is 3.29. The number of fused-ring (bicyclic) bond motifs is 1. The summed E-state index contributed by atoms with van der Waals surface area (Å²) < 4.78 is 0. The normalized spacial score (nSPS) is 16.3. The van der Waals surface area contributed by atoms with Crippen LogP contribution in [0.4, 0.5) is 0 Å². The van der Waals surface area contributed by atoms with Gasteiger partial charge in [-0.1, -0.05) is 6.07 Å². The third kappa shape index (κ3) is 2.32. The molecule has 0 fully saturated rings. The highest BCUT2D eigenvalue weighted by Gasteiger charge is 2.18. The zero-order valence-electron chi connectivity index (χ0n) is 10.3. The molecule has 94 valence electrons. The van der Waals surface area contributed by atoms with Gasteiger partial charge in [0.1, 0.15) is 0 Å². The smallest absolute Gasteiger partial charge is 0.0661 e. The molecule has 4 heteroatoms. The number of pyridine rings is 1. The van der Waals surface area contributed by atoms with E-state index in [0.717, 1.165) is 17.0 Å². The topological polar surface area (TPSA) is 38.9 Å². The van der Waals surface area contributed by atoms with Gasteiger partial charge in [0, 0.05) is 27.4 Å². The van der Waals surface area contributed by atoms with Gasteiger partial charge in [-0.25, -0.2) is 0 Å². The van der Waals surface area contributed by atoms with Gasteiger partial charge < -0.3 is 5.73 Å². The Morgan fingerprint density at radius 1 is 1.39 bits per heavy atom. The van der Waals surface area contributed by atoms with Crippen LogP contribution in [0, 0.1) is 6.92 Å². The fourth-order valence-corrected chi connectivity index (χ4v) is 4.56. The van der Waals surface area contributed by atoms with Gasteiger partial charge in [-0.15, -0.1) is 11.3 Å². The maximum atomic E-state index is 6.34. The Morgan fingerprint density at radius 3 is 3.00 bits per heavy atom. The standard InChI is InChI=1S/C14H16N2S2/c1-9-2-3-10(7-16-9)14(15)13-6-11-8-17-5-4-12(11)18-13/h2-3,6-7,14H,4-5,8,15H2,1H3. The molecule has 0 aromatic carbocycles. The summed E-state index contributed by atoms with van der Waals surface area (Å²) in [6.07, 6.45) is 3.09. The van der Waals surface area contributed by atoms with Crippen LogP contribution >= 0.6 is 23.1 Å². The highest BCUT2D eigenvalue weighted by Crippen LogP contribution is 2.35. The molecule has 0 spiro atoms. The minimum Gasteiger partial charge on any atom is -0.320 e. The van der Waals surface area contributed by atoms with Crippen molar-refractivity contribution in [1.29, 1.82) is 0 Å². The molecule has 1 atom stereocenters. The van der Waals surface area contributed by atoms with Crippen molar-refractivity contribution in [3.63, 3.8) is 0 Å². The number of nitrogens with two attached hydrogens (primary N) is 1. The molecule has 0 aliphatic carbocycles. The number of aryl methyl sites for hydroxylation is 2. The highest BCUT2D eigenvalue weighted by atomic mass is 32.2. The van der Waals surface area contributed by atoms with Gasteiger partial charge in [0.25, 0.3) is 0 Å². The van der Waals surface area contributed by atoms with Gasteiger partial charge in [-0.3, -0.25) is 4.98 Å². The Labute approximate surface area is 116 Å². The zero-order chi connectivity index (χ0) is 12.5. The Hall–Kier alpha value is -0.840. The zero-order valence-corrected chi connectivity index (χ0v) is 12.0. The van der Waals surface area contributed by atoms with Crippen LogP contribution < -0.4 is 5.73 Å². The summed E-state index contributed by atoms with van der Waals surface area (Å²) in [6.45, 7) is 2.00. The number of thioether (sulfide) groups is 1. The summed E-state index contributed by atoms with van der Waals surface area (Å²) in [5, 5.41) is 0. The summed E-state index contributed by atoms with van der Waals surface area (Å²) >= 11 is 3.89. The Kier molecular flexibility index (Phi) is 3.41. The summed E-state index contributed by atoms with van der Waals surface area (Å²) in [7, 11) is 0. The van der Waals surface area contributed by atoms with Crippen LogP contribution in [0.15, 0.2) is 24.4 Å². The fourth-order valence-electron chi connectivity index (χ4n) is 2.15. The molecule has 2 aromatic heterocycles. The molecule has 0 saturated heterocycles. The van der Waals surface area contributed by atoms with Gasteiger partial charge >= 0.3 is 0 Å². The van der Waals surface area contributed by atoms with Crippen LogP contribution in [0.5, 0.6) is 0 Å². The molecule has 0 saturated carbocycles. The van der Waals surface area contributed by atoms with Gasteiger partial charge in [-0.2, -0.15) is 11.8 Å². The molecule has 0 amide bonds. The van der Waals surface area contributed by atoms with E-state index in [0.29, 0.717) is 0 Å². The van der Waals surface area contributed by atoms with Crippen LogP contribution in [0.25, 0.3) is 0 Å². The van der Waals surface area contributed by atoms with Crippen LogP contribution in [0.1, 0.15) is 32.6 Å². The van der Waals surface area contributed by atoms with Crippen molar-refractivity contribution >= 4 is 23.1 Å². The first-order valence-corrected chi connectivity index (χ1v) is 8.08. The molecule has 2 N–H and O–H groups in total. The summed E-state index contributed by atoms with van der Waals surface area (Å²) in [6, 6.07) is 6.37. The van der Waals surface area contributed by atoms with Crippen LogP contribution in [0.2, 0.25) is 0 Å².